The molecule has 5 nitrogen and oxygen atoms in total. The molecule has 170 valence electrons. The van der Waals surface area contributed by atoms with E-state index in [1.54, 1.807) is 0 Å². The van der Waals surface area contributed by atoms with E-state index in [-0.39, 0.29) is 12.4 Å². The van der Waals surface area contributed by atoms with E-state index in [9.17, 15) is 9.59 Å². The maximum atomic E-state index is 13.1. The van der Waals surface area contributed by atoms with Crippen molar-refractivity contribution in [2.45, 2.75) is 56.6 Å². The fraction of sp³-hybridized carbons (Fsp3) is 0.333. The van der Waals surface area contributed by atoms with E-state index in [4.69, 9.17) is 13.6 Å². The Labute approximate surface area is 196 Å². The van der Waals surface area contributed by atoms with Gasteiger partial charge >= 0.3 is 11.6 Å². The zero-order valence-electron chi connectivity index (χ0n) is 18.6. The summed E-state index contributed by atoms with van der Waals surface area (Å²) in [6.45, 7) is 1.90. The SMILES string of the molecule is Cc1ccc2c(COC(=O)c3oc4ccccc4c3CSC3CCCCC3)cc(=O)oc2c1. The highest BCUT2D eigenvalue weighted by atomic mass is 32.2. The van der Waals surface area contributed by atoms with Crippen LogP contribution >= 0.6 is 11.8 Å². The Morgan fingerprint density at radius 2 is 1.82 bits per heavy atom. The summed E-state index contributed by atoms with van der Waals surface area (Å²) < 4.78 is 16.9. The molecule has 6 heteroatoms. The van der Waals surface area contributed by atoms with Crippen molar-refractivity contribution in [2.75, 3.05) is 0 Å². The van der Waals surface area contributed by atoms with Crippen LogP contribution in [0.15, 0.2) is 62.2 Å². The van der Waals surface area contributed by atoms with Crippen LogP contribution in [0, 0.1) is 6.92 Å². The van der Waals surface area contributed by atoms with Crippen LogP contribution in [0.5, 0.6) is 0 Å². The topological polar surface area (TPSA) is 69.7 Å². The van der Waals surface area contributed by atoms with Gasteiger partial charge in [0.05, 0.1) is 0 Å². The maximum absolute atomic E-state index is 13.1. The quantitative estimate of drug-likeness (QED) is 0.233. The molecule has 1 aliphatic carbocycles. The zero-order chi connectivity index (χ0) is 22.8. The minimum Gasteiger partial charge on any atom is -0.455 e. The summed E-state index contributed by atoms with van der Waals surface area (Å²) in [6.07, 6.45) is 6.32. The standard InChI is InChI=1S/C27H26O5S/c1-17-11-12-20-18(14-25(28)31-24(20)13-17)15-30-27(29)26-22(16-33-19-7-3-2-4-8-19)21-9-5-6-10-23(21)32-26/h5-6,9-14,19H,2-4,7-8,15-16H2,1H3. The van der Waals surface area contributed by atoms with E-state index in [1.165, 1.54) is 38.2 Å². The molecule has 0 unspecified atom stereocenters. The fourth-order valence-corrected chi connectivity index (χ4v) is 5.86. The maximum Gasteiger partial charge on any atom is 0.374 e. The van der Waals surface area contributed by atoms with Crippen molar-refractivity contribution in [3.8, 4) is 0 Å². The molecule has 1 saturated carbocycles. The van der Waals surface area contributed by atoms with E-state index in [2.05, 4.69) is 0 Å². The minimum atomic E-state index is -0.515. The van der Waals surface area contributed by atoms with Gasteiger partial charge in [-0.1, -0.05) is 49.6 Å². The molecule has 1 fully saturated rings. The van der Waals surface area contributed by atoms with Gasteiger partial charge in [0.2, 0.25) is 5.76 Å². The van der Waals surface area contributed by atoms with Gasteiger partial charge in [-0.15, -0.1) is 0 Å². The molecular weight excluding hydrogens is 436 g/mol. The van der Waals surface area contributed by atoms with Crippen LogP contribution in [0.1, 0.15) is 59.3 Å². The number of carbonyl (C=O) groups is 1. The van der Waals surface area contributed by atoms with Crippen LogP contribution in [0.3, 0.4) is 0 Å². The van der Waals surface area contributed by atoms with Crippen LogP contribution in [0.25, 0.3) is 21.9 Å². The average molecular weight is 463 g/mol. The second-order valence-electron chi connectivity index (χ2n) is 8.64. The molecule has 0 saturated heterocycles. The summed E-state index contributed by atoms with van der Waals surface area (Å²) in [5.41, 5.74) is 3.20. The normalized spacial score (nSPS) is 14.7. The molecule has 0 spiro atoms. The number of hydrogen-bond acceptors (Lipinski definition) is 6. The summed E-state index contributed by atoms with van der Waals surface area (Å²) in [5, 5.41) is 2.33. The zero-order valence-corrected chi connectivity index (χ0v) is 19.4. The van der Waals surface area contributed by atoms with Crippen molar-refractivity contribution in [3.63, 3.8) is 0 Å². The van der Waals surface area contributed by atoms with Crippen molar-refractivity contribution in [3.05, 3.63) is 81.4 Å². The number of thioether (sulfide) groups is 1. The number of para-hydroxylation sites is 1. The van der Waals surface area contributed by atoms with Crippen LogP contribution in [-0.4, -0.2) is 11.2 Å². The van der Waals surface area contributed by atoms with Gasteiger partial charge in [-0.05, 0) is 37.5 Å². The highest BCUT2D eigenvalue weighted by Crippen LogP contribution is 2.35. The van der Waals surface area contributed by atoms with Crippen molar-refractivity contribution in [1.29, 1.82) is 0 Å². The Bertz CT molecular complexity index is 1360. The predicted molar refractivity (Wildman–Crippen MR) is 131 cm³/mol. The van der Waals surface area contributed by atoms with Gasteiger partial charge in [-0.3, -0.25) is 0 Å². The van der Waals surface area contributed by atoms with Crippen molar-refractivity contribution >= 4 is 39.7 Å². The molecule has 0 amide bonds. The smallest absolute Gasteiger partial charge is 0.374 e. The lowest BCUT2D eigenvalue weighted by atomic mass is 10.0. The Morgan fingerprint density at radius 1 is 1.00 bits per heavy atom. The van der Waals surface area contributed by atoms with E-state index in [0.29, 0.717) is 27.7 Å². The van der Waals surface area contributed by atoms with Crippen LogP contribution in [0.4, 0.5) is 0 Å². The third-order valence-electron chi connectivity index (χ3n) is 6.24. The number of ether oxygens (including phenoxy) is 1. The summed E-state index contributed by atoms with van der Waals surface area (Å²) in [7, 11) is 0. The number of carbonyl (C=O) groups excluding carboxylic acids is 1. The molecule has 33 heavy (non-hydrogen) atoms. The number of benzene rings is 2. The number of furan rings is 1. The van der Waals surface area contributed by atoms with E-state index in [0.717, 1.165) is 21.9 Å². The molecule has 1 aliphatic rings. The van der Waals surface area contributed by atoms with E-state index >= 15 is 0 Å². The van der Waals surface area contributed by atoms with Gasteiger partial charge in [0.1, 0.15) is 17.8 Å². The Morgan fingerprint density at radius 3 is 2.67 bits per heavy atom. The number of esters is 1. The fourth-order valence-electron chi connectivity index (χ4n) is 4.51. The first-order valence-electron chi connectivity index (χ1n) is 11.4. The summed E-state index contributed by atoms with van der Waals surface area (Å²) in [5.74, 6) is 0.449. The molecule has 4 aromatic rings. The molecular formula is C27H26O5S. The number of rotatable bonds is 6. The highest BCUT2D eigenvalue weighted by molar-refractivity contribution is 7.99. The molecule has 0 atom stereocenters. The molecule has 2 aromatic heterocycles. The molecule has 0 N–H and O–H groups in total. The summed E-state index contributed by atoms with van der Waals surface area (Å²) >= 11 is 1.90. The lowest BCUT2D eigenvalue weighted by molar-refractivity contribution is 0.0438. The minimum absolute atomic E-state index is 0.0315. The lowest BCUT2D eigenvalue weighted by Crippen LogP contribution is -2.10. The predicted octanol–water partition coefficient (Wildman–Crippen LogP) is 6.77. The third kappa shape index (κ3) is 4.71. The Hall–Kier alpha value is -2.99. The number of fused-ring (bicyclic) bond motifs is 2. The van der Waals surface area contributed by atoms with Crippen molar-refractivity contribution in [1.82, 2.24) is 0 Å². The first-order chi connectivity index (χ1) is 16.1. The molecule has 0 aliphatic heterocycles. The highest BCUT2D eigenvalue weighted by Gasteiger charge is 2.24. The second-order valence-corrected chi connectivity index (χ2v) is 9.93. The van der Waals surface area contributed by atoms with Crippen LogP contribution < -0.4 is 5.63 Å². The van der Waals surface area contributed by atoms with Crippen molar-refractivity contribution < 1.29 is 18.4 Å². The Kier molecular flexibility index (Phi) is 6.27. The van der Waals surface area contributed by atoms with Gasteiger partial charge in [-0.2, -0.15) is 11.8 Å². The van der Waals surface area contributed by atoms with Gasteiger partial charge in [0.15, 0.2) is 0 Å². The summed E-state index contributed by atoms with van der Waals surface area (Å²) in [6, 6.07) is 14.7. The average Bonchev–Trinajstić information content (AvgIpc) is 3.20. The van der Waals surface area contributed by atoms with E-state index in [1.807, 2.05) is 61.2 Å². The number of hydrogen-bond donors (Lipinski definition) is 0. The van der Waals surface area contributed by atoms with Crippen LogP contribution in [0.2, 0.25) is 0 Å². The third-order valence-corrected chi connectivity index (χ3v) is 7.64. The first-order valence-corrected chi connectivity index (χ1v) is 12.5. The molecule has 0 bridgehead atoms. The van der Waals surface area contributed by atoms with Gasteiger partial charge in [0.25, 0.3) is 0 Å². The second kappa shape index (κ2) is 9.48. The molecule has 2 aromatic carbocycles. The summed E-state index contributed by atoms with van der Waals surface area (Å²) in [4.78, 5) is 25.1. The Balaban J connectivity index is 1.39. The van der Waals surface area contributed by atoms with Crippen molar-refractivity contribution in [2.24, 2.45) is 0 Å². The lowest BCUT2D eigenvalue weighted by Gasteiger charge is -2.20. The van der Waals surface area contributed by atoms with Crippen LogP contribution in [-0.2, 0) is 17.1 Å². The van der Waals surface area contributed by atoms with Gasteiger partial charge < -0.3 is 13.6 Å². The molecule has 5 rings (SSSR count). The number of aryl methyl sites for hydroxylation is 1. The monoisotopic (exact) mass is 462 g/mol. The van der Waals surface area contributed by atoms with Gasteiger partial charge in [-0.25, -0.2) is 9.59 Å². The molecule has 0 radical (unpaired) electrons. The van der Waals surface area contributed by atoms with E-state index < -0.39 is 11.6 Å². The van der Waals surface area contributed by atoms with Gasteiger partial charge in [0, 0.05) is 39.0 Å². The molecule has 2 heterocycles. The first kappa shape index (κ1) is 21.8. The largest absolute Gasteiger partial charge is 0.455 e.